The molecular weight excluding hydrogens is 386 g/mol. The van der Waals surface area contributed by atoms with E-state index >= 15 is 0 Å². The Morgan fingerprint density at radius 3 is 2.48 bits per heavy atom. The molecule has 0 aliphatic rings. The number of amides is 1. The molecule has 0 fully saturated rings. The van der Waals surface area contributed by atoms with Crippen LogP contribution in [-0.4, -0.2) is 25.1 Å². The van der Waals surface area contributed by atoms with E-state index in [4.69, 9.17) is 9.47 Å². The van der Waals surface area contributed by atoms with Crippen LogP contribution in [0.2, 0.25) is 0 Å². The molecule has 2 rings (SSSR count). The minimum absolute atomic E-state index is 0.260. The van der Waals surface area contributed by atoms with Crippen LogP contribution in [0.5, 0.6) is 5.75 Å². The summed E-state index contributed by atoms with van der Waals surface area (Å²) in [4.78, 5) is 25.0. The molecule has 0 saturated carbocycles. The average molecular weight is 406 g/mol. The second-order valence-corrected chi connectivity index (χ2v) is 5.64. The highest BCUT2D eigenvalue weighted by molar-refractivity contribution is 9.08. The molecule has 0 spiro atoms. The summed E-state index contributed by atoms with van der Waals surface area (Å²) in [6.45, 7) is 4.31. The maximum atomic E-state index is 12.7. The van der Waals surface area contributed by atoms with Gasteiger partial charge in [-0.05, 0) is 37.6 Å². The Morgan fingerprint density at radius 1 is 1.04 bits per heavy atom. The predicted molar refractivity (Wildman–Crippen MR) is 101 cm³/mol. The molecule has 0 aliphatic carbocycles. The number of alkyl halides is 1. The summed E-state index contributed by atoms with van der Waals surface area (Å²) in [6, 6.07) is 12.3. The Hall–Kier alpha value is -2.34. The Balaban J connectivity index is 2.37. The number of nitrogens with one attached hydrogen (secondary N) is 1. The standard InChI is InChI=1S/C19H20BrNO4/c1-3-24-16-11-6-5-9-14(16)18(22)21-15-10-7-8-13(12-20)17(15)19(23)25-4-2/h5-11H,3-4,12H2,1-2H3,(H,21,22). The van der Waals surface area contributed by atoms with E-state index in [-0.39, 0.29) is 12.5 Å². The molecule has 0 saturated heterocycles. The minimum atomic E-state index is -0.467. The van der Waals surface area contributed by atoms with Crippen LogP contribution in [0.15, 0.2) is 42.5 Å². The van der Waals surface area contributed by atoms with Crippen LogP contribution in [0.25, 0.3) is 0 Å². The Kier molecular flexibility index (Phi) is 7.01. The molecule has 0 atom stereocenters. The summed E-state index contributed by atoms with van der Waals surface area (Å²) in [5, 5.41) is 3.27. The Labute approximate surface area is 155 Å². The van der Waals surface area contributed by atoms with Crippen LogP contribution < -0.4 is 10.1 Å². The maximum Gasteiger partial charge on any atom is 0.340 e. The molecule has 25 heavy (non-hydrogen) atoms. The summed E-state index contributed by atoms with van der Waals surface area (Å²) in [6.07, 6.45) is 0. The number of halogens is 1. The van der Waals surface area contributed by atoms with Gasteiger partial charge in [0.15, 0.2) is 0 Å². The predicted octanol–water partition coefficient (Wildman–Crippen LogP) is 4.41. The molecule has 2 aromatic rings. The van der Waals surface area contributed by atoms with E-state index in [9.17, 15) is 9.59 Å². The molecule has 5 nitrogen and oxygen atoms in total. The van der Waals surface area contributed by atoms with Gasteiger partial charge in [0, 0.05) is 5.33 Å². The number of carbonyl (C=O) groups excluding carboxylic acids is 2. The zero-order valence-electron chi connectivity index (χ0n) is 14.2. The second kappa shape index (κ2) is 9.22. The monoisotopic (exact) mass is 405 g/mol. The first kappa shape index (κ1) is 19.0. The molecular formula is C19H20BrNO4. The van der Waals surface area contributed by atoms with E-state index in [1.165, 1.54) is 0 Å². The number of hydrogen-bond acceptors (Lipinski definition) is 4. The normalized spacial score (nSPS) is 10.2. The van der Waals surface area contributed by atoms with Crippen molar-refractivity contribution in [3.63, 3.8) is 0 Å². The highest BCUT2D eigenvalue weighted by Gasteiger charge is 2.20. The zero-order valence-corrected chi connectivity index (χ0v) is 15.8. The van der Waals surface area contributed by atoms with Gasteiger partial charge in [-0.25, -0.2) is 4.79 Å². The second-order valence-electron chi connectivity index (χ2n) is 5.08. The van der Waals surface area contributed by atoms with Gasteiger partial charge in [0.2, 0.25) is 0 Å². The van der Waals surface area contributed by atoms with Crippen LogP contribution in [0.4, 0.5) is 5.69 Å². The first-order valence-corrected chi connectivity index (χ1v) is 9.12. The van der Waals surface area contributed by atoms with Crippen molar-refractivity contribution in [1.29, 1.82) is 0 Å². The number of hydrogen-bond donors (Lipinski definition) is 1. The summed E-state index contributed by atoms with van der Waals surface area (Å²) < 4.78 is 10.6. The van der Waals surface area contributed by atoms with Gasteiger partial charge in [0.05, 0.1) is 30.0 Å². The lowest BCUT2D eigenvalue weighted by Crippen LogP contribution is -2.18. The quantitative estimate of drug-likeness (QED) is 0.547. The molecule has 132 valence electrons. The van der Waals surface area contributed by atoms with Gasteiger partial charge in [0.1, 0.15) is 5.75 Å². The van der Waals surface area contributed by atoms with Gasteiger partial charge in [-0.3, -0.25) is 4.79 Å². The van der Waals surface area contributed by atoms with E-state index in [1.54, 1.807) is 43.3 Å². The third kappa shape index (κ3) is 4.60. The summed E-state index contributed by atoms with van der Waals surface area (Å²) >= 11 is 3.36. The topological polar surface area (TPSA) is 64.6 Å². The van der Waals surface area contributed by atoms with Gasteiger partial charge in [-0.2, -0.15) is 0 Å². The Morgan fingerprint density at radius 2 is 1.80 bits per heavy atom. The Bertz CT molecular complexity index is 761. The number of para-hydroxylation sites is 1. The van der Waals surface area contributed by atoms with Crippen molar-refractivity contribution in [2.75, 3.05) is 18.5 Å². The van der Waals surface area contributed by atoms with Crippen molar-refractivity contribution >= 4 is 33.5 Å². The van der Waals surface area contributed by atoms with Crippen molar-refractivity contribution in [2.24, 2.45) is 0 Å². The van der Waals surface area contributed by atoms with E-state index in [0.29, 0.717) is 34.5 Å². The minimum Gasteiger partial charge on any atom is -0.493 e. The average Bonchev–Trinajstić information content (AvgIpc) is 2.62. The van der Waals surface area contributed by atoms with E-state index in [1.807, 2.05) is 13.0 Å². The number of ether oxygens (including phenoxy) is 2. The van der Waals surface area contributed by atoms with Gasteiger partial charge in [0.25, 0.3) is 5.91 Å². The molecule has 0 radical (unpaired) electrons. The number of anilines is 1. The lowest BCUT2D eigenvalue weighted by atomic mass is 10.1. The van der Waals surface area contributed by atoms with Crippen LogP contribution in [0.1, 0.15) is 40.1 Å². The van der Waals surface area contributed by atoms with Crippen LogP contribution in [-0.2, 0) is 10.1 Å². The van der Waals surface area contributed by atoms with Crippen molar-refractivity contribution in [2.45, 2.75) is 19.2 Å². The van der Waals surface area contributed by atoms with Gasteiger partial charge >= 0.3 is 5.97 Å². The molecule has 1 amide bonds. The van der Waals surface area contributed by atoms with Crippen molar-refractivity contribution in [1.82, 2.24) is 0 Å². The van der Waals surface area contributed by atoms with E-state index in [0.717, 1.165) is 5.56 Å². The van der Waals surface area contributed by atoms with Crippen molar-refractivity contribution in [3.05, 3.63) is 59.2 Å². The molecule has 0 heterocycles. The summed E-state index contributed by atoms with van der Waals surface area (Å²) in [5.74, 6) is -0.316. The lowest BCUT2D eigenvalue weighted by Gasteiger charge is -2.15. The van der Waals surface area contributed by atoms with Gasteiger partial charge in [-0.1, -0.05) is 40.2 Å². The number of rotatable bonds is 7. The molecule has 0 unspecified atom stereocenters. The smallest absolute Gasteiger partial charge is 0.340 e. The van der Waals surface area contributed by atoms with E-state index in [2.05, 4.69) is 21.2 Å². The zero-order chi connectivity index (χ0) is 18.2. The van der Waals surface area contributed by atoms with Crippen molar-refractivity contribution in [3.8, 4) is 5.75 Å². The fourth-order valence-electron chi connectivity index (χ4n) is 2.39. The van der Waals surface area contributed by atoms with Crippen molar-refractivity contribution < 1.29 is 19.1 Å². The molecule has 2 aromatic carbocycles. The molecule has 6 heteroatoms. The largest absolute Gasteiger partial charge is 0.493 e. The molecule has 0 bridgehead atoms. The third-order valence-corrected chi connectivity index (χ3v) is 4.06. The fraction of sp³-hybridized carbons (Fsp3) is 0.263. The lowest BCUT2D eigenvalue weighted by molar-refractivity contribution is 0.0526. The fourth-order valence-corrected chi connectivity index (χ4v) is 2.85. The highest BCUT2D eigenvalue weighted by atomic mass is 79.9. The SMILES string of the molecule is CCOC(=O)c1c(CBr)cccc1NC(=O)c1ccccc1OCC. The van der Waals surface area contributed by atoms with Crippen LogP contribution in [0.3, 0.4) is 0 Å². The third-order valence-electron chi connectivity index (χ3n) is 3.45. The first-order valence-electron chi connectivity index (χ1n) is 8.00. The van der Waals surface area contributed by atoms with Gasteiger partial charge < -0.3 is 14.8 Å². The molecule has 1 N–H and O–H groups in total. The summed E-state index contributed by atoms with van der Waals surface area (Å²) in [7, 11) is 0. The van der Waals surface area contributed by atoms with E-state index < -0.39 is 5.97 Å². The summed E-state index contributed by atoms with van der Waals surface area (Å²) in [5.41, 5.74) is 1.91. The van der Waals surface area contributed by atoms with Crippen LogP contribution >= 0.6 is 15.9 Å². The maximum absolute atomic E-state index is 12.7. The highest BCUT2D eigenvalue weighted by Crippen LogP contribution is 2.25. The molecule has 0 aromatic heterocycles. The number of benzene rings is 2. The first-order chi connectivity index (χ1) is 12.1. The number of esters is 1. The number of carbonyl (C=O) groups is 2. The molecule has 0 aliphatic heterocycles. The van der Waals surface area contributed by atoms with Gasteiger partial charge in [-0.15, -0.1) is 0 Å². The van der Waals surface area contributed by atoms with Crippen LogP contribution in [0, 0.1) is 0 Å².